The second kappa shape index (κ2) is 8.91. The molecule has 1 N–H and O–H groups in total. The zero-order valence-corrected chi connectivity index (χ0v) is 16.2. The van der Waals surface area contributed by atoms with Crippen LogP contribution in [0.15, 0.2) is 26.9 Å². The zero-order chi connectivity index (χ0) is 18.4. The van der Waals surface area contributed by atoms with Gasteiger partial charge in [-0.25, -0.2) is 4.79 Å². The molecule has 0 radical (unpaired) electrons. The topological polar surface area (TPSA) is 50.4 Å². The Bertz CT molecular complexity index is 677. The third kappa shape index (κ3) is 5.40. The fourth-order valence-corrected chi connectivity index (χ4v) is 3.32. The number of rotatable bonds is 7. The van der Waals surface area contributed by atoms with Gasteiger partial charge in [0.05, 0.1) is 5.56 Å². The van der Waals surface area contributed by atoms with E-state index in [0.29, 0.717) is 17.2 Å². The van der Waals surface area contributed by atoms with Gasteiger partial charge in [0.15, 0.2) is 0 Å². The molecule has 0 saturated carbocycles. The maximum absolute atomic E-state index is 11.8. The third-order valence-electron chi connectivity index (χ3n) is 4.46. The van der Waals surface area contributed by atoms with E-state index < -0.39 is 5.63 Å². The largest absolute Gasteiger partial charge is 0.507 e. The summed E-state index contributed by atoms with van der Waals surface area (Å²) in [5.74, 6) is 1.73. The van der Waals surface area contributed by atoms with Crippen LogP contribution >= 0.6 is 0 Å². The second-order valence-corrected chi connectivity index (χ2v) is 7.16. The molecule has 1 aromatic rings. The highest BCUT2D eigenvalue weighted by Gasteiger charge is 2.14. The van der Waals surface area contributed by atoms with Crippen LogP contribution in [0, 0.1) is 25.7 Å². The lowest BCUT2D eigenvalue weighted by atomic mass is 9.92. The van der Waals surface area contributed by atoms with E-state index >= 15 is 0 Å². The lowest BCUT2D eigenvalue weighted by molar-refractivity contribution is 0.428. The lowest BCUT2D eigenvalue weighted by Crippen LogP contribution is -2.07. The van der Waals surface area contributed by atoms with Crippen molar-refractivity contribution in [1.82, 2.24) is 0 Å². The van der Waals surface area contributed by atoms with Gasteiger partial charge < -0.3 is 9.52 Å². The molecular formula is C21H32O3. The molecule has 0 amide bonds. The molecule has 1 heterocycles. The molecule has 0 unspecified atom stereocenters. The summed E-state index contributed by atoms with van der Waals surface area (Å²) in [6.45, 7) is 14.1. The summed E-state index contributed by atoms with van der Waals surface area (Å²) in [6, 6.07) is 0. The van der Waals surface area contributed by atoms with Crippen LogP contribution in [0.5, 0.6) is 5.75 Å². The minimum absolute atomic E-state index is 0.0254. The Morgan fingerprint density at radius 2 is 1.83 bits per heavy atom. The van der Waals surface area contributed by atoms with Crippen molar-refractivity contribution in [2.75, 3.05) is 0 Å². The molecule has 0 aliphatic carbocycles. The normalized spacial score (nSPS) is 15.5. The van der Waals surface area contributed by atoms with E-state index in [1.54, 1.807) is 13.8 Å². The van der Waals surface area contributed by atoms with E-state index in [2.05, 4.69) is 33.8 Å². The van der Waals surface area contributed by atoms with Gasteiger partial charge in [-0.15, -0.1) is 0 Å². The summed E-state index contributed by atoms with van der Waals surface area (Å²) in [7, 11) is 0. The molecule has 0 aliphatic rings. The van der Waals surface area contributed by atoms with Crippen LogP contribution in [0.3, 0.4) is 0 Å². The molecule has 0 aromatic carbocycles. The van der Waals surface area contributed by atoms with Crippen LogP contribution in [0.4, 0.5) is 0 Å². The predicted molar refractivity (Wildman–Crippen MR) is 101 cm³/mol. The first kappa shape index (κ1) is 20.3. The van der Waals surface area contributed by atoms with Gasteiger partial charge in [-0.2, -0.15) is 0 Å². The fraction of sp³-hybridized carbons (Fsp3) is 0.571. The Hall–Kier alpha value is -1.77. The smallest absolute Gasteiger partial charge is 0.342 e. The molecule has 0 fully saturated rings. The van der Waals surface area contributed by atoms with Gasteiger partial charge in [0.25, 0.3) is 0 Å². The highest BCUT2D eigenvalue weighted by Crippen LogP contribution is 2.27. The quantitative estimate of drug-likeness (QED) is 0.644. The molecule has 1 rings (SSSR count). The number of aromatic hydroxyl groups is 1. The molecule has 2 atom stereocenters. The Morgan fingerprint density at radius 3 is 2.42 bits per heavy atom. The Labute approximate surface area is 146 Å². The molecule has 0 aliphatic heterocycles. The number of allylic oxidation sites excluding steroid dienone is 4. The van der Waals surface area contributed by atoms with E-state index in [-0.39, 0.29) is 11.3 Å². The van der Waals surface area contributed by atoms with Crippen molar-refractivity contribution in [3.8, 4) is 5.75 Å². The number of hydrogen-bond acceptors (Lipinski definition) is 3. The first-order valence-electron chi connectivity index (χ1n) is 8.87. The fourth-order valence-electron chi connectivity index (χ4n) is 3.32. The standard InChI is InChI=1S/C21H32O3/c1-8-9-13(2)10-14(3)11-15(4)12-16(5)20-17(6)19(22)18(7)21(23)24-20/h11-14,22H,8-10H2,1-7H3/b15-11+,16-12+/t13-,14-/m0/s1. The number of hydrogen-bond donors (Lipinski definition) is 1. The second-order valence-electron chi connectivity index (χ2n) is 7.16. The molecule has 0 spiro atoms. The highest BCUT2D eigenvalue weighted by atomic mass is 16.4. The summed E-state index contributed by atoms with van der Waals surface area (Å²) >= 11 is 0. The Balaban J connectivity index is 3.00. The van der Waals surface area contributed by atoms with Crippen LogP contribution in [-0.2, 0) is 0 Å². The average Bonchev–Trinajstić information content (AvgIpc) is 2.48. The zero-order valence-electron chi connectivity index (χ0n) is 16.2. The predicted octanol–water partition coefficient (Wildman–Crippen LogP) is 5.77. The maximum Gasteiger partial charge on any atom is 0.342 e. The van der Waals surface area contributed by atoms with E-state index in [1.165, 1.54) is 19.3 Å². The Kier molecular flexibility index (Phi) is 7.53. The molecule has 134 valence electrons. The van der Waals surface area contributed by atoms with Crippen LogP contribution < -0.4 is 5.63 Å². The van der Waals surface area contributed by atoms with Crippen LogP contribution in [0.25, 0.3) is 5.57 Å². The summed E-state index contributed by atoms with van der Waals surface area (Å²) in [6.07, 6.45) is 7.94. The third-order valence-corrected chi connectivity index (χ3v) is 4.46. The summed E-state index contributed by atoms with van der Waals surface area (Å²) in [5, 5.41) is 10.0. The molecule has 3 nitrogen and oxygen atoms in total. The highest BCUT2D eigenvalue weighted by molar-refractivity contribution is 5.66. The van der Waals surface area contributed by atoms with Gasteiger partial charge >= 0.3 is 5.63 Å². The van der Waals surface area contributed by atoms with E-state index in [1.807, 2.05) is 13.0 Å². The van der Waals surface area contributed by atoms with Crippen molar-refractivity contribution in [2.45, 2.75) is 67.7 Å². The van der Waals surface area contributed by atoms with E-state index in [4.69, 9.17) is 4.42 Å². The van der Waals surface area contributed by atoms with Gasteiger partial charge in [-0.3, -0.25) is 0 Å². The Morgan fingerprint density at radius 1 is 1.21 bits per heavy atom. The van der Waals surface area contributed by atoms with Crippen molar-refractivity contribution in [1.29, 1.82) is 0 Å². The van der Waals surface area contributed by atoms with Crippen molar-refractivity contribution < 1.29 is 9.52 Å². The summed E-state index contributed by atoms with van der Waals surface area (Å²) in [4.78, 5) is 11.8. The van der Waals surface area contributed by atoms with Crippen molar-refractivity contribution >= 4 is 5.57 Å². The summed E-state index contributed by atoms with van der Waals surface area (Å²) < 4.78 is 5.37. The minimum Gasteiger partial charge on any atom is -0.507 e. The van der Waals surface area contributed by atoms with E-state index in [0.717, 1.165) is 17.1 Å². The van der Waals surface area contributed by atoms with Crippen LogP contribution in [-0.4, -0.2) is 5.11 Å². The van der Waals surface area contributed by atoms with Crippen LogP contribution in [0.2, 0.25) is 0 Å². The first-order valence-corrected chi connectivity index (χ1v) is 8.87. The molecular weight excluding hydrogens is 300 g/mol. The van der Waals surface area contributed by atoms with Crippen molar-refractivity contribution in [3.05, 3.63) is 45.0 Å². The van der Waals surface area contributed by atoms with Gasteiger partial charge in [-0.05, 0) is 51.5 Å². The first-order chi connectivity index (χ1) is 11.2. The lowest BCUT2D eigenvalue weighted by Gasteiger charge is -2.14. The van der Waals surface area contributed by atoms with Crippen molar-refractivity contribution in [3.63, 3.8) is 0 Å². The minimum atomic E-state index is -0.482. The molecule has 0 saturated heterocycles. The summed E-state index contributed by atoms with van der Waals surface area (Å²) in [5.41, 5.74) is 2.38. The monoisotopic (exact) mass is 332 g/mol. The van der Waals surface area contributed by atoms with Gasteiger partial charge in [-0.1, -0.05) is 51.3 Å². The molecule has 1 aromatic heterocycles. The van der Waals surface area contributed by atoms with Gasteiger partial charge in [0.1, 0.15) is 11.5 Å². The van der Waals surface area contributed by atoms with Gasteiger partial charge in [0, 0.05) is 5.56 Å². The average molecular weight is 332 g/mol. The molecule has 0 bridgehead atoms. The van der Waals surface area contributed by atoms with E-state index in [9.17, 15) is 9.90 Å². The van der Waals surface area contributed by atoms with Crippen molar-refractivity contribution in [2.24, 2.45) is 11.8 Å². The SMILES string of the molecule is CCC[C@H](C)C[C@H](C)/C=C(C)/C=C(\C)c1oc(=O)c(C)c(O)c1C. The van der Waals surface area contributed by atoms with Gasteiger partial charge in [0.2, 0.25) is 0 Å². The van der Waals surface area contributed by atoms with Crippen LogP contribution in [0.1, 0.15) is 70.8 Å². The molecule has 3 heteroatoms. The molecule has 24 heavy (non-hydrogen) atoms. The maximum atomic E-state index is 11.8.